The summed E-state index contributed by atoms with van der Waals surface area (Å²) < 4.78 is 44.8. The van der Waals surface area contributed by atoms with Gasteiger partial charge >= 0.3 is 6.36 Å². The van der Waals surface area contributed by atoms with Gasteiger partial charge in [-0.05, 0) is 31.0 Å². The van der Waals surface area contributed by atoms with Gasteiger partial charge in [-0.25, -0.2) is 0 Å². The van der Waals surface area contributed by atoms with Crippen molar-refractivity contribution in [3.05, 3.63) is 23.3 Å². The van der Waals surface area contributed by atoms with E-state index in [1.165, 1.54) is 13.2 Å². The van der Waals surface area contributed by atoms with Gasteiger partial charge in [0.1, 0.15) is 11.5 Å². The molecule has 15 heavy (non-hydrogen) atoms. The molecule has 0 aromatic heterocycles. The molecule has 1 rings (SSSR count). The highest BCUT2D eigenvalue weighted by atomic mass is 19.4. The number of benzene rings is 1. The number of hydrogen-bond donors (Lipinski definition) is 0. The molecule has 0 fully saturated rings. The number of halogens is 3. The van der Waals surface area contributed by atoms with Crippen LogP contribution in [0.4, 0.5) is 13.2 Å². The number of rotatable bonds is 2. The molecule has 0 atom stereocenters. The Morgan fingerprint density at radius 3 is 2.20 bits per heavy atom. The lowest BCUT2D eigenvalue weighted by Crippen LogP contribution is -2.18. The van der Waals surface area contributed by atoms with E-state index in [1.807, 2.05) is 0 Å². The standard InChI is InChI=1S/C10H11F3O2/c1-6-4-8(14-3)5-9(7(6)2)15-10(11,12)13/h4-5H,1-3H3. The summed E-state index contributed by atoms with van der Waals surface area (Å²) in [7, 11) is 1.39. The molecule has 0 aliphatic rings. The van der Waals surface area contributed by atoms with Gasteiger partial charge in [-0.15, -0.1) is 13.2 Å². The van der Waals surface area contributed by atoms with Crippen LogP contribution < -0.4 is 9.47 Å². The normalized spacial score (nSPS) is 11.3. The van der Waals surface area contributed by atoms with E-state index in [2.05, 4.69) is 4.74 Å². The molecular formula is C10H11F3O2. The Kier molecular flexibility index (Phi) is 3.12. The van der Waals surface area contributed by atoms with Gasteiger partial charge in [-0.3, -0.25) is 0 Å². The molecule has 0 aliphatic heterocycles. The summed E-state index contributed by atoms with van der Waals surface area (Å²) in [6, 6.07) is 2.87. The van der Waals surface area contributed by atoms with Crippen LogP contribution in [0.15, 0.2) is 12.1 Å². The lowest BCUT2D eigenvalue weighted by molar-refractivity contribution is -0.274. The van der Waals surface area contributed by atoms with E-state index in [4.69, 9.17) is 4.74 Å². The van der Waals surface area contributed by atoms with Crippen molar-refractivity contribution in [1.29, 1.82) is 0 Å². The molecule has 2 nitrogen and oxygen atoms in total. The van der Waals surface area contributed by atoms with Crippen LogP contribution in [-0.4, -0.2) is 13.5 Å². The third kappa shape index (κ3) is 3.04. The Bertz CT molecular complexity index is 358. The average molecular weight is 220 g/mol. The quantitative estimate of drug-likeness (QED) is 0.761. The van der Waals surface area contributed by atoms with Crippen LogP contribution in [0, 0.1) is 13.8 Å². The maximum atomic E-state index is 12.0. The fraction of sp³-hybridized carbons (Fsp3) is 0.400. The van der Waals surface area contributed by atoms with Crippen LogP contribution >= 0.6 is 0 Å². The Morgan fingerprint density at radius 1 is 1.13 bits per heavy atom. The minimum Gasteiger partial charge on any atom is -0.497 e. The van der Waals surface area contributed by atoms with Gasteiger partial charge in [-0.1, -0.05) is 0 Å². The van der Waals surface area contributed by atoms with Crippen LogP contribution in [0.1, 0.15) is 11.1 Å². The van der Waals surface area contributed by atoms with E-state index in [-0.39, 0.29) is 5.75 Å². The molecule has 0 N–H and O–H groups in total. The number of hydrogen-bond acceptors (Lipinski definition) is 2. The molecule has 0 amide bonds. The summed E-state index contributed by atoms with van der Waals surface area (Å²) in [4.78, 5) is 0. The zero-order valence-electron chi connectivity index (χ0n) is 8.61. The van der Waals surface area contributed by atoms with E-state index in [9.17, 15) is 13.2 Å². The minimum absolute atomic E-state index is 0.223. The average Bonchev–Trinajstić information content (AvgIpc) is 2.10. The first-order valence-corrected chi connectivity index (χ1v) is 4.24. The molecule has 0 bridgehead atoms. The van der Waals surface area contributed by atoms with Gasteiger partial charge in [0.15, 0.2) is 0 Å². The SMILES string of the molecule is COc1cc(C)c(C)c(OC(F)(F)F)c1. The van der Waals surface area contributed by atoms with Crippen LogP contribution in [0.25, 0.3) is 0 Å². The third-order valence-electron chi connectivity index (χ3n) is 2.05. The van der Waals surface area contributed by atoms with E-state index in [0.717, 1.165) is 0 Å². The first-order chi connectivity index (χ1) is 6.83. The zero-order chi connectivity index (χ0) is 11.6. The Balaban J connectivity index is 3.11. The molecule has 1 aromatic carbocycles. The highest BCUT2D eigenvalue weighted by Crippen LogP contribution is 2.31. The minimum atomic E-state index is -4.68. The van der Waals surface area contributed by atoms with E-state index in [0.29, 0.717) is 16.9 Å². The van der Waals surface area contributed by atoms with Crippen molar-refractivity contribution in [1.82, 2.24) is 0 Å². The Labute approximate surface area is 85.6 Å². The summed E-state index contributed by atoms with van der Waals surface area (Å²) in [5.41, 5.74) is 1.14. The van der Waals surface area contributed by atoms with Crippen molar-refractivity contribution in [3.8, 4) is 11.5 Å². The molecule has 1 aromatic rings. The molecule has 0 aliphatic carbocycles. The molecule has 0 heterocycles. The molecule has 5 heteroatoms. The maximum Gasteiger partial charge on any atom is 0.573 e. The van der Waals surface area contributed by atoms with Gasteiger partial charge in [-0.2, -0.15) is 0 Å². The molecule has 84 valence electrons. The second kappa shape index (κ2) is 4.00. The third-order valence-corrected chi connectivity index (χ3v) is 2.05. The van der Waals surface area contributed by atoms with Crippen molar-refractivity contribution in [2.45, 2.75) is 20.2 Å². The summed E-state index contributed by atoms with van der Waals surface area (Å²) in [6.45, 7) is 3.26. The van der Waals surface area contributed by atoms with E-state index < -0.39 is 6.36 Å². The summed E-state index contributed by atoms with van der Waals surface area (Å²) in [5, 5.41) is 0. The highest BCUT2D eigenvalue weighted by Gasteiger charge is 2.32. The van der Waals surface area contributed by atoms with E-state index >= 15 is 0 Å². The van der Waals surface area contributed by atoms with Gasteiger partial charge in [0.25, 0.3) is 0 Å². The monoisotopic (exact) mass is 220 g/mol. The maximum absolute atomic E-state index is 12.0. The smallest absolute Gasteiger partial charge is 0.497 e. The summed E-state index contributed by atoms with van der Waals surface area (Å²) >= 11 is 0. The van der Waals surface area contributed by atoms with Gasteiger partial charge in [0.2, 0.25) is 0 Å². The van der Waals surface area contributed by atoms with Crippen LogP contribution in [-0.2, 0) is 0 Å². The van der Waals surface area contributed by atoms with Gasteiger partial charge < -0.3 is 9.47 Å². The fourth-order valence-corrected chi connectivity index (χ4v) is 1.14. The van der Waals surface area contributed by atoms with Crippen molar-refractivity contribution in [2.24, 2.45) is 0 Å². The molecule has 0 saturated carbocycles. The van der Waals surface area contributed by atoms with Crippen molar-refractivity contribution < 1.29 is 22.6 Å². The lowest BCUT2D eigenvalue weighted by Gasteiger charge is -2.14. The second-order valence-electron chi connectivity index (χ2n) is 3.12. The van der Waals surface area contributed by atoms with E-state index in [1.54, 1.807) is 19.9 Å². The molecule has 0 spiro atoms. The first-order valence-electron chi connectivity index (χ1n) is 4.24. The van der Waals surface area contributed by atoms with Crippen molar-refractivity contribution in [2.75, 3.05) is 7.11 Å². The van der Waals surface area contributed by atoms with Crippen LogP contribution in [0.5, 0.6) is 11.5 Å². The number of methoxy groups -OCH3 is 1. The van der Waals surface area contributed by atoms with Crippen molar-refractivity contribution in [3.63, 3.8) is 0 Å². The molecule has 0 unspecified atom stereocenters. The molecule has 0 radical (unpaired) electrons. The number of aryl methyl sites for hydroxylation is 1. The van der Waals surface area contributed by atoms with Gasteiger partial charge in [0.05, 0.1) is 7.11 Å². The largest absolute Gasteiger partial charge is 0.573 e. The molecule has 0 saturated heterocycles. The molecular weight excluding hydrogens is 209 g/mol. The zero-order valence-corrected chi connectivity index (χ0v) is 8.61. The topological polar surface area (TPSA) is 18.5 Å². The highest BCUT2D eigenvalue weighted by molar-refractivity contribution is 5.45. The van der Waals surface area contributed by atoms with Crippen molar-refractivity contribution >= 4 is 0 Å². The number of alkyl halides is 3. The summed E-state index contributed by atoms with van der Waals surface area (Å²) in [6.07, 6.45) is -4.68. The lowest BCUT2D eigenvalue weighted by atomic mass is 10.1. The number of ether oxygens (including phenoxy) is 2. The second-order valence-corrected chi connectivity index (χ2v) is 3.12. The van der Waals surface area contributed by atoms with Crippen LogP contribution in [0.3, 0.4) is 0 Å². The Hall–Kier alpha value is -1.39. The Morgan fingerprint density at radius 2 is 1.73 bits per heavy atom. The predicted molar refractivity (Wildman–Crippen MR) is 49.2 cm³/mol. The fourth-order valence-electron chi connectivity index (χ4n) is 1.14. The van der Waals surface area contributed by atoms with Crippen LogP contribution in [0.2, 0.25) is 0 Å². The predicted octanol–water partition coefficient (Wildman–Crippen LogP) is 3.21. The first kappa shape index (κ1) is 11.7. The summed E-state index contributed by atoms with van der Waals surface area (Å²) in [5.74, 6) is 0.122. The van der Waals surface area contributed by atoms with Gasteiger partial charge in [0, 0.05) is 6.07 Å².